The second-order valence-electron chi connectivity index (χ2n) is 4.08. The van der Waals surface area contributed by atoms with E-state index in [9.17, 15) is 9.59 Å². The Morgan fingerprint density at radius 1 is 1.38 bits per heavy atom. The Hall–Kier alpha value is -1.50. The van der Waals surface area contributed by atoms with E-state index in [4.69, 9.17) is 11.5 Å². The summed E-state index contributed by atoms with van der Waals surface area (Å²) in [5.74, 6) is 0.631. The predicted molar refractivity (Wildman–Crippen MR) is 59.5 cm³/mol. The van der Waals surface area contributed by atoms with Gasteiger partial charge in [0.25, 0.3) is 0 Å². The third-order valence-corrected chi connectivity index (χ3v) is 2.97. The number of carboxylic acids is 1. The largest absolute Gasteiger partial charge is 0.481 e. The highest BCUT2D eigenvalue weighted by Crippen LogP contribution is 2.31. The number of terminal acetylenes is 1. The van der Waals surface area contributed by atoms with Gasteiger partial charge in [-0.1, -0.05) is 6.42 Å². The predicted octanol–water partition coefficient (Wildman–Crippen LogP) is 1.02. The van der Waals surface area contributed by atoms with Crippen LogP contribution in [0.5, 0.6) is 0 Å². The molecule has 1 amide bonds. The van der Waals surface area contributed by atoms with Crippen molar-refractivity contribution in [3.63, 3.8) is 0 Å². The summed E-state index contributed by atoms with van der Waals surface area (Å²) in [6.45, 7) is 0.534. The first kappa shape index (κ1) is 12.6. The number of aliphatic carboxylic acids is 1. The molecule has 0 radical (unpaired) electrons. The smallest absolute Gasteiger partial charge is 0.307 e. The van der Waals surface area contributed by atoms with Crippen molar-refractivity contribution in [2.75, 3.05) is 6.54 Å². The van der Waals surface area contributed by atoms with Crippen LogP contribution in [0.1, 0.15) is 32.1 Å². The van der Waals surface area contributed by atoms with Crippen molar-refractivity contribution in [1.82, 2.24) is 5.32 Å². The molecule has 16 heavy (non-hydrogen) atoms. The van der Waals surface area contributed by atoms with Crippen molar-refractivity contribution < 1.29 is 14.7 Å². The fourth-order valence-electron chi connectivity index (χ4n) is 2.10. The highest BCUT2D eigenvalue weighted by atomic mass is 16.4. The van der Waals surface area contributed by atoms with Crippen LogP contribution in [0.3, 0.4) is 0 Å². The van der Waals surface area contributed by atoms with Crippen molar-refractivity contribution in [2.24, 2.45) is 11.8 Å². The number of rotatable bonds is 5. The van der Waals surface area contributed by atoms with Crippen molar-refractivity contribution in [3.05, 3.63) is 0 Å². The first-order valence-electron chi connectivity index (χ1n) is 5.60. The molecule has 0 spiro atoms. The van der Waals surface area contributed by atoms with Crippen LogP contribution in [-0.4, -0.2) is 23.5 Å². The van der Waals surface area contributed by atoms with Gasteiger partial charge >= 0.3 is 5.97 Å². The van der Waals surface area contributed by atoms with Crippen molar-refractivity contribution in [2.45, 2.75) is 32.1 Å². The molecule has 0 aromatic carbocycles. The van der Waals surface area contributed by atoms with Crippen LogP contribution in [0.2, 0.25) is 0 Å². The van der Waals surface area contributed by atoms with E-state index in [1.54, 1.807) is 0 Å². The molecule has 0 aromatic rings. The molecular weight excluding hydrogens is 206 g/mol. The number of hydrogen-bond acceptors (Lipinski definition) is 2. The van der Waals surface area contributed by atoms with Crippen LogP contribution in [0.4, 0.5) is 0 Å². The van der Waals surface area contributed by atoms with Gasteiger partial charge in [-0.3, -0.25) is 9.59 Å². The van der Waals surface area contributed by atoms with Gasteiger partial charge in [0.05, 0.1) is 11.8 Å². The maximum atomic E-state index is 11.7. The second kappa shape index (κ2) is 6.16. The molecule has 1 fully saturated rings. The van der Waals surface area contributed by atoms with Gasteiger partial charge in [-0.25, -0.2) is 0 Å². The third-order valence-electron chi connectivity index (χ3n) is 2.97. The fourth-order valence-corrected chi connectivity index (χ4v) is 2.10. The number of carbonyl (C=O) groups excluding carboxylic acids is 1. The van der Waals surface area contributed by atoms with Gasteiger partial charge in [0, 0.05) is 13.0 Å². The van der Waals surface area contributed by atoms with Crippen LogP contribution >= 0.6 is 0 Å². The van der Waals surface area contributed by atoms with E-state index < -0.39 is 11.9 Å². The number of unbranched alkanes of at least 4 members (excludes halogenated alkanes) is 1. The Morgan fingerprint density at radius 2 is 2.06 bits per heavy atom. The van der Waals surface area contributed by atoms with E-state index >= 15 is 0 Å². The van der Waals surface area contributed by atoms with Gasteiger partial charge in [-0.2, -0.15) is 0 Å². The van der Waals surface area contributed by atoms with Gasteiger partial charge < -0.3 is 10.4 Å². The first-order chi connectivity index (χ1) is 7.66. The second-order valence-corrected chi connectivity index (χ2v) is 4.08. The molecule has 0 aliphatic heterocycles. The molecule has 1 aliphatic carbocycles. The Labute approximate surface area is 95.4 Å². The molecule has 2 atom stereocenters. The highest BCUT2D eigenvalue weighted by Gasteiger charge is 2.37. The van der Waals surface area contributed by atoms with E-state index in [1.807, 2.05) is 0 Å². The molecule has 0 bridgehead atoms. The third kappa shape index (κ3) is 3.27. The van der Waals surface area contributed by atoms with Crippen LogP contribution in [0.25, 0.3) is 0 Å². The minimum atomic E-state index is -0.860. The van der Waals surface area contributed by atoms with Gasteiger partial charge in [0.1, 0.15) is 0 Å². The molecule has 88 valence electrons. The fraction of sp³-hybridized carbons (Fsp3) is 0.667. The summed E-state index contributed by atoms with van der Waals surface area (Å²) >= 11 is 0. The maximum Gasteiger partial charge on any atom is 0.307 e. The van der Waals surface area contributed by atoms with Gasteiger partial charge in [-0.05, 0) is 19.3 Å². The maximum absolute atomic E-state index is 11.7. The van der Waals surface area contributed by atoms with Crippen LogP contribution in [0, 0.1) is 24.2 Å². The number of carboxylic acid groups (broad SMARTS) is 1. The zero-order valence-electron chi connectivity index (χ0n) is 9.24. The summed E-state index contributed by atoms with van der Waals surface area (Å²) in [5.41, 5.74) is 0. The zero-order chi connectivity index (χ0) is 12.0. The Kier molecular flexibility index (Phi) is 4.84. The molecule has 2 unspecified atom stereocenters. The lowest BCUT2D eigenvalue weighted by molar-refractivity contribution is -0.146. The average Bonchev–Trinajstić information content (AvgIpc) is 2.73. The summed E-state index contributed by atoms with van der Waals surface area (Å²) in [6, 6.07) is 0. The van der Waals surface area contributed by atoms with E-state index in [0.29, 0.717) is 25.8 Å². The molecule has 1 aliphatic rings. The molecule has 0 heterocycles. The summed E-state index contributed by atoms with van der Waals surface area (Å²) in [5, 5.41) is 11.7. The minimum Gasteiger partial charge on any atom is -0.481 e. The van der Waals surface area contributed by atoms with Gasteiger partial charge in [0.15, 0.2) is 0 Å². The number of amides is 1. The summed E-state index contributed by atoms with van der Waals surface area (Å²) in [4.78, 5) is 22.6. The standard InChI is InChI=1S/C12H17NO3/c1-2-3-4-8-13-11(14)9-6-5-7-10(9)12(15)16/h1,9-10H,3-8H2,(H,13,14)(H,15,16). The molecule has 0 aromatic heterocycles. The van der Waals surface area contributed by atoms with E-state index in [2.05, 4.69) is 11.2 Å². The molecule has 0 saturated heterocycles. The number of carbonyl (C=O) groups is 2. The Balaban J connectivity index is 2.36. The number of hydrogen-bond donors (Lipinski definition) is 2. The Morgan fingerprint density at radius 3 is 2.69 bits per heavy atom. The SMILES string of the molecule is C#CCCCNC(=O)C1CCCC1C(=O)O. The quantitative estimate of drug-likeness (QED) is 0.540. The van der Waals surface area contributed by atoms with Gasteiger partial charge in [-0.15, -0.1) is 12.3 Å². The van der Waals surface area contributed by atoms with Crippen LogP contribution in [0.15, 0.2) is 0 Å². The molecule has 4 nitrogen and oxygen atoms in total. The van der Waals surface area contributed by atoms with E-state index in [-0.39, 0.29) is 11.8 Å². The molecular formula is C12H17NO3. The summed E-state index contributed by atoms with van der Waals surface area (Å²) in [7, 11) is 0. The van der Waals surface area contributed by atoms with Crippen molar-refractivity contribution in [1.29, 1.82) is 0 Å². The minimum absolute atomic E-state index is 0.137. The average molecular weight is 223 g/mol. The molecule has 1 rings (SSSR count). The summed E-state index contributed by atoms with van der Waals surface area (Å²) < 4.78 is 0. The van der Waals surface area contributed by atoms with Gasteiger partial charge in [0.2, 0.25) is 5.91 Å². The molecule has 1 saturated carbocycles. The lowest BCUT2D eigenvalue weighted by atomic mass is 9.95. The lowest BCUT2D eigenvalue weighted by Crippen LogP contribution is -2.35. The van der Waals surface area contributed by atoms with Crippen LogP contribution in [-0.2, 0) is 9.59 Å². The molecule has 4 heteroatoms. The normalized spacial score (nSPS) is 23.7. The monoisotopic (exact) mass is 223 g/mol. The lowest BCUT2D eigenvalue weighted by Gasteiger charge is -2.15. The number of nitrogens with one attached hydrogen (secondary N) is 1. The van der Waals surface area contributed by atoms with Crippen molar-refractivity contribution in [3.8, 4) is 12.3 Å². The highest BCUT2D eigenvalue weighted by molar-refractivity contribution is 5.85. The molecule has 2 N–H and O–H groups in total. The van der Waals surface area contributed by atoms with E-state index in [0.717, 1.165) is 12.8 Å². The zero-order valence-corrected chi connectivity index (χ0v) is 9.24. The first-order valence-corrected chi connectivity index (χ1v) is 5.60. The Bertz CT molecular complexity index is 306. The van der Waals surface area contributed by atoms with Crippen molar-refractivity contribution >= 4 is 11.9 Å². The van der Waals surface area contributed by atoms with E-state index in [1.165, 1.54) is 0 Å². The van der Waals surface area contributed by atoms with Crippen LogP contribution < -0.4 is 5.32 Å². The topological polar surface area (TPSA) is 66.4 Å². The summed E-state index contributed by atoms with van der Waals surface area (Å²) in [6.07, 6.45) is 8.57.